The second-order valence-corrected chi connectivity index (χ2v) is 7.84. The van der Waals surface area contributed by atoms with Crippen LogP contribution in [0.15, 0.2) is 54.6 Å². The third-order valence-electron chi connectivity index (χ3n) is 5.17. The van der Waals surface area contributed by atoms with Gasteiger partial charge in [-0.15, -0.1) is 0 Å². The highest BCUT2D eigenvalue weighted by molar-refractivity contribution is 6.33. The van der Waals surface area contributed by atoms with E-state index < -0.39 is 0 Å². The lowest BCUT2D eigenvalue weighted by molar-refractivity contribution is -0.135. The number of halogens is 1. The number of rotatable bonds is 6. The number of likely N-dealkylation sites (N-methyl/N-ethyl adjacent to an activating group) is 2. The molecule has 0 spiro atoms. The summed E-state index contributed by atoms with van der Waals surface area (Å²) in [6.07, 6.45) is 0. The first kappa shape index (κ1) is 21.3. The van der Waals surface area contributed by atoms with Crippen molar-refractivity contribution in [2.24, 2.45) is 0 Å². The molecule has 2 aromatic rings. The van der Waals surface area contributed by atoms with E-state index in [1.165, 1.54) is 10.5 Å². The fourth-order valence-corrected chi connectivity index (χ4v) is 3.67. The maximum absolute atomic E-state index is 12.8. The second-order valence-electron chi connectivity index (χ2n) is 7.44. The quantitative estimate of drug-likeness (QED) is 0.789. The Morgan fingerprint density at radius 3 is 2.52 bits per heavy atom. The second kappa shape index (κ2) is 9.87. The van der Waals surface area contributed by atoms with Crippen LogP contribution >= 0.6 is 11.6 Å². The highest BCUT2D eigenvalue weighted by Crippen LogP contribution is 2.24. The monoisotopic (exact) mass is 414 g/mol. The number of hydrogen-bond donors (Lipinski definition) is 1. The van der Waals surface area contributed by atoms with Gasteiger partial charge < -0.3 is 15.1 Å². The molecule has 1 atom stereocenters. The van der Waals surface area contributed by atoms with Gasteiger partial charge in [0.1, 0.15) is 0 Å². The molecule has 0 radical (unpaired) electrons. The number of anilines is 1. The normalized spacial score (nSPS) is 17.7. The summed E-state index contributed by atoms with van der Waals surface area (Å²) in [7, 11) is 3.75. The summed E-state index contributed by atoms with van der Waals surface area (Å²) in [5, 5.41) is 3.23. The third kappa shape index (κ3) is 5.79. The Bertz CT molecular complexity index is 846. The molecule has 2 aromatic carbocycles. The van der Waals surface area contributed by atoms with Crippen molar-refractivity contribution < 1.29 is 9.59 Å². The lowest BCUT2D eigenvalue weighted by Crippen LogP contribution is -2.50. The van der Waals surface area contributed by atoms with Crippen LogP contribution in [0.5, 0.6) is 0 Å². The Morgan fingerprint density at radius 2 is 1.79 bits per heavy atom. The molecule has 1 aliphatic heterocycles. The Morgan fingerprint density at radius 1 is 1.10 bits per heavy atom. The third-order valence-corrected chi connectivity index (χ3v) is 5.50. The van der Waals surface area contributed by atoms with Gasteiger partial charge in [0.2, 0.25) is 11.8 Å². The van der Waals surface area contributed by atoms with Gasteiger partial charge >= 0.3 is 0 Å². The molecule has 6 nitrogen and oxygen atoms in total. The highest BCUT2D eigenvalue weighted by Gasteiger charge is 2.29. The average Bonchev–Trinajstić information content (AvgIpc) is 2.71. The summed E-state index contributed by atoms with van der Waals surface area (Å²) < 4.78 is 0. The van der Waals surface area contributed by atoms with Gasteiger partial charge in [0, 0.05) is 32.7 Å². The molecule has 1 N–H and O–H groups in total. The van der Waals surface area contributed by atoms with Gasteiger partial charge in [-0.05, 0) is 24.7 Å². The number of nitrogens with one attached hydrogen (secondary N) is 1. The van der Waals surface area contributed by atoms with Crippen molar-refractivity contribution in [1.82, 2.24) is 14.7 Å². The lowest BCUT2D eigenvalue weighted by Gasteiger charge is -2.40. The first-order valence-corrected chi connectivity index (χ1v) is 10.1. The van der Waals surface area contributed by atoms with Gasteiger partial charge in [-0.2, -0.15) is 0 Å². The number of benzene rings is 2. The molecule has 0 bridgehead atoms. The summed E-state index contributed by atoms with van der Waals surface area (Å²) in [5.74, 6) is -0.350. The number of carbonyl (C=O) groups is 2. The van der Waals surface area contributed by atoms with E-state index in [0.717, 1.165) is 19.6 Å². The van der Waals surface area contributed by atoms with Crippen LogP contribution in [0.4, 0.5) is 5.69 Å². The molecule has 1 fully saturated rings. The molecule has 1 aliphatic rings. The summed E-state index contributed by atoms with van der Waals surface area (Å²) in [5.41, 5.74) is 1.74. The molecule has 3 rings (SSSR count). The van der Waals surface area contributed by atoms with E-state index in [1.807, 2.05) is 18.2 Å². The van der Waals surface area contributed by atoms with E-state index in [9.17, 15) is 9.59 Å². The van der Waals surface area contributed by atoms with Crippen LogP contribution < -0.4 is 5.32 Å². The maximum Gasteiger partial charge on any atom is 0.244 e. The zero-order chi connectivity index (χ0) is 20.8. The van der Waals surface area contributed by atoms with Crippen molar-refractivity contribution in [3.63, 3.8) is 0 Å². The SMILES string of the molecule is CN1CCN(CC(=O)N(C)CC(=O)Nc2ccccc2Cl)C(c2ccccc2)C1. The van der Waals surface area contributed by atoms with Crippen LogP contribution in [-0.4, -0.2) is 73.3 Å². The van der Waals surface area contributed by atoms with E-state index >= 15 is 0 Å². The van der Waals surface area contributed by atoms with Gasteiger partial charge in [-0.1, -0.05) is 54.1 Å². The maximum atomic E-state index is 12.8. The smallest absolute Gasteiger partial charge is 0.244 e. The first-order valence-electron chi connectivity index (χ1n) is 9.70. The topological polar surface area (TPSA) is 55.9 Å². The Balaban J connectivity index is 1.59. The fourth-order valence-electron chi connectivity index (χ4n) is 3.49. The zero-order valence-electron chi connectivity index (χ0n) is 16.8. The summed E-state index contributed by atoms with van der Waals surface area (Å²) in [6, 6.07) is 17.4. The minimum absolute atomic E-state index is 0.0200. The largest absolute Gasteiger partial charge is 0.335 e. The molecule has 0 aromatic heterocycles. The van der Waals surface area contributed by atoms with Gasteiger partial charge in [-0.3, -0.25) is 14.5 Å². The van der Waals surface area contributed by atoms with Gasteiger partial charge in [0.15, 0.2) is 0 Å². The summed E-state index contributed by atoms with van der Waals surface area (Å²) in [4.78, 5) is 31.0. The van der Waals surface area contributed by atoms with Crippen LogP contribution in [0.1, 0.15) is 11.6 Å². The number of para-hydroxylation sites is 1. The van der Waals surface area contributed by atoms with Crippen molar-refractivity contribution in [2.75, 3.05) is 52.1 Å². The number of nitrogens with zero attached hydrogens (tertiary/aromatic N) is 3. The predicted octanol–water partition coefficient (Wildman–Crippen LogP) is 2.73. The minimum atomic E-state index is -0.271. The Labute approximate surface area is 177 Å². The highest BCUT2D eigenvalue weighted by atomic mass is 35.5. The molecule has 7 heteroatoms. The summed E-state index contributed by atoms with van der Waals surface area (Å²) in [6.45, 7) is 2.85. The van der Waals surface area contributed by atoms with Crippen molar-refractivity contribution >= 4 is 29.1 Å². The molecule has 154 valence electrons. The zero-order valence-corrected chi connectivity index (χ0v) is 17.6. The molecular weight excluding hydrogens is 388 g/mol. The van der Waals surface area contributed by atoms with E-state index in [1.54, 1.807) is 31.3 Å². The minimum Gasteiger partial charge on any atom is -0.335 e. The Kier molecular flexibility index (Phi) is 7.25. The van der Waals surface area contributed by atoms with E-state index in [4.69, 9.17) is 11.6 Å². The molecular formula is C22H27ClN4O2. The van der Waals surface area contributed by atoms with Crippen LogP contribution in [0, 0.1) is 0 Å². The molecule has 1 saturated heterocycles. The fraction of sp³-hybridized carbons (Fsp3) is 0.364. The molecule has 0 saturated carbocycles. The number of amides is 2. The Hall–Kier alpha value is -2.41. The van der Waals surface area contributed by atoms with Gasteiger partial charge in [0.05, 0.1) is 23.8 Å². The molecule has 1 heterocycles. The first-order chi connectivity index (χ1) is 13.9. The van der Waals surface area contributed by atoms with Crippen LogP contribution in [-0.2, 0) is 9.59 Å². The van der Waals surface area contributed by atoms with E-state index in [2.05, 4.69) is 34.3 Å². The predicted molar refractivity (Wildman–Crippen MR) is 116 cm³/mol. The summed E-state index contributed by atoms with van der Waals surface area (Å²) >= 11 is 6.08. The molecule has 29 heavy (non-hydrogen) atoms. The molecule has 1 unspecified atom stereocenters. The van der Waals surface area contributed by atoms with E-state index in [0.29, 0.717) is 10.7 Å². The molecule has 2 amide bonds. The van der Waals surface area contributed by atoms with Gasteiger partial charge in [-0.25, -0.2) is 0 Å². The lowest BCUT2D eigenvalue weighted by atomic mass is 10.0. The van der Waals surface area contributed by atoms with Crippen molar-refractivity contribution in [3.05, 3.63) is 65.2 Å². The van der Waals surface area contributed by atoms with Crippen molar-refractivity contribution in [2.45, 2.75) is 6.04 Å². The van der Waals surface area contributed by atoms with Crippen molar-refractivity contribution in [3.8, 4) is 0 Å². The number of carbonyl (C=O) groups excluding carboxylic acids is 2. The number of piperazine rings is 1. The standard InChI is InChI=1S/C22H27ClN4O2/c1-25-12-13-27(20(14-25)17-8-4-3-5-9-17)16-22(29)26(2)15-21(28)24-19-11-7-6-10-18(19)23/h3-11,20H,12-16H2,1-2H3,(H,24,28). The van der Waals surface area contributed by atoms with Crippen LogP contribution in [0.25, 0.3) is 0 Å². The van der Waals surface area contributed by atoms with Crippen LogP contribution in [0.3, 0.4) is 0 Å². The number of hydrogen-bond acceptors (Lipinski definition) is 4. The molecule has 0 aliphatic carbocycles. The average molecular weight is 415 g/mol. The van der Waals surface area contributed by atoms with Crippen LogP contribution in [0.2, 0.25) is 5.02 Å². The van der Waals surface area contributed by atoms with Crippen molar-refractivity contribution in [1.29, 1.82) is 0 Å². The van der Waals surface area contributed by atoms with Gasteiger partial charge in [0.25, 0.3) is 0 Å². The van der Waals surface area contributed by atoms with E-state index in [-0.39, 0.29) is 30.9 Å².